The normalized spacial score (nSPS) is 12.1. The SMILES string of the molecule is Cc1ccc(C(=O)Cc2cc(-n3ccnc3)cc(C(F)(F)F)c2)cc1C#Cc1cncc2ccccc12.Cc1ccc(C(=O)Cc2cc(-n3ccnc3CN(C)C)cc(C(F)(F)F)c2)cc1C#Cc1cnc(CC(N)=O)cn1.Cc1ccc(NC(=O)c2cc(-n3cnc(CN4CCCC4)c3)cc(P(C)(C)=O)c2)cc1C#Cc1cnc2sccc2c1. The molecule has 1 saturated heterocycles. The molecule has 1 aliphatic heterocycles. The minimum absolute atomic E-state index is 0.0308. The van der Waals surface area contributed by atoms with Crippen molar-refractivity contribution < 1.29 is 50.1 Å². The summed E-state index contributed by atoms with van der Waals surface area (Å²) in [4.78, 5) is 85.9. The van der Waals surface area contributed by atoms with Gasteiger partial charge in [-0.15, -0.1) is 11.3 Å². The van der Waals surface area contributed by atoms with E-state index in [9.17, 15) is 50.1 Å². The van der Waals surface area contributed by atoms with Crippen LogP contribution in [0.1, 0.15) is 134 Å². The summed E-state index contributed by atoms with van der Waals surface area (Å²) in [5.41, 5.74) is 15.2. The van der Waals surface area contributed by atoms with E-state index in [0.717, 1.165) is 110 Å². The fraction of sp³-hybridized carbons (Fsp3) is 0.194. The first-order valence-corrected chi connectivity index (χ1v) is 41.4. The number of hydrogen-bond acceptors (Lipinski definition) is 15. The molecule has 3 N–H and O–H groups in total. The number of pyridine rings is 2. The summed E-state index contributed by atoms with van der Waals surface area (Å²) in [6, 6.07) is 40.4. The molecule has 14 aromatic rings. The number of fused-ring (bicyclic) bond motifs is 2. The molecule has 7 aromatic heterocycles. The zero-order chi connectivity index (χ0) is 85.0. The van der Waals surface area contributed by atoms with Crippen molar-refractivity contribution in [2.75, 3.05) is 45.8 Å². The van der Waals surface area contributed by atoms with Crippen LogP contribution in [0.15, 0.2) is 226 Å². The number of likely N-dealkylation sites (tertiary alicyclic amines) is 1. The molecule has 0 saturated carbocycles. The number of alkyl halides is 6. The highest BCUT2D eigenvalue weighted by Gasteiger charge is 2.33. The van der Waals surface area contributed by atoms with Crippen LogP contribution in [0.5, 0.6) is 0 Å². The molecule has 1 aliphatic rings. The average Bonchev–Trinajstić information content (AvgIpc) is 1.45. The van der Waals surface area contributed by atoms with Crippen molar-refractivity contribution in [3.63, 3.8) is 0 Å². The van der Waals surface area contributed by atoms with Crippen molar-refractivity contribution in [1.82, 2.24) is 58.4 Å². The summed E-state index contributed by atoms with van der Waals surface area (Å²) in [6.07, 6.45) is 12.3. The summed E-state index contributed by atoms with van der Waals surface area (Å²) in [6.45, 7) is 12.6. The molecule has 1 fully saturated rings. The number of thiophene rings is 1. The van der Waals surface area contributed by atoms with Crippen LogP contribution in [-0.4, -0.2) is 122 Å². The molecule has 2 amide bonds. The maximum absolute atomic E-state index is 13.8. The quantitative estimate of drug-likeness (QED) is 0.0352. The summed E-state index contributed by atoms with van der Waals surface area (Å²) in [5.74, 6) is 17.7. The van der Waals surface area contributed by atoms with E-state index in [1.807, 2.05) is 123 Å². The summed E-state index contributed by atoms with van der Waals surface area (Å²) in [7, 11) is 1.04. The number of aromatic nitrogens is 10. The van der Waals surface area contributed by atoms with Gasteiger partial charge in [0.2, 0.25) is 5.91 Å². The van der Waals surface area contributed by atoms with Gasteiger partial charge in [-0.2, -0.15) is 26.3 Å². The molecule has 7 aromatic carbocycles. The van der Waals surface area contributed by atoms with Crippen molar-refractivity contribution in [2.24, 2.45) is 5.73 Å². The molecule has 19 nitrogen and oxygen atoms in total. The first kappa shape index (κ1) is 84.4. The summed E-state index contributed by atoms with van der Waals surface area (Å²) in [5, 5.41) is 8.72. The number of ketones is 2. The Morgan fingerprint density at radius 2 is 1.20 bits per heavy atom. The van der Waals surface area contributed by atoms with Gasteiger partial charge in [0.15, 0.2) is 11.6 Å². The monoisotopic (exact) mass is 1650 g/mol. The Balaban J connectivity index is 0.000000156. The van der Waals surface area contributed by atoms with Gasteiger partial charge in [0.05, 0.1) is 66.1 Å². The summed E-state index contributed by atoms with van der Waals surface area (Å²) < 4.78 is 100. The number of anilines is 1. The molecule has 0 radical (unpaired) electrons. The van der Waals surface area contributed by atoms with Crippen LogP contribution < -0.4 is 16.4 Å². The van der Waals surface area contributed by atoms with E-state index in [1.165, 1.54) is 48.5 Å². The number of primary amides is 1. The second-order valence-electron chi connectivity index (χ2n) is 29.5. The highest BCUT2D eigenvalue weighted by atomic mass is 32.1. The topological polar surface area (TPSA) is 235 Å². The van der Waals surface area contributed by atoms with Crippen LogP contribution in [0.2, 0.25) is 0 Å². The smallest absolute Gasteiger partial charge is 0.369 e. The number of Topliss-reactive ketones (excluding diaryl/α,β-unsaturated/α-hetero) is 2. The number of nitrogens with two attached hydrogens (primary N) is 1. The fourth-order valence-electron chi connectivity index (χ4n) is 13.2. The van der Waals surface area contributed by atoms with E-state index in [2.05, 4.69) is 80.6 Å². The third kappa shape index (κ3) is 22.0. The number of benzene rings is 7. The van der Waals surface area contributed by atoms with Gasteiger partial charge < -0.3 is 34.2 Å². The maximum Gasteiger partial charge on any atom is 0.416 e. The Kier molecular flexibility index (Phi) is 26.0. The van der Waals surface area contributed by atoms with Crippen LogP contribution in [-0.2, 0) is 54.1 Å². The zero-order valence-corrected chi connectivity index (χ0v) is 68.0. The van der Waals surface area contributed by atoms with Crippen molar-refractivity contribution in [1.29, 1.82) is 0 Å². The van der Waals surface area contributed by atoms with E-state index in [4.69, 9.17) is 5.73 Å². The van der Waals surface area contributed by atoms with Crippen LogP contribution in [0.3, 0.4) is 0 Å². The largest absolute Gasteiger partial charge is 0.416 e. The van der Waals surface area contributed by atoms with Gasteiger partial charge in [-0.05, 0) is 204 Å². The third-order valence-corrected chi connectivity index (χ3v) is 21.9. The number of carbonyl (C=O) groups excluding carboxylic acids is 4. The van der Waals surface area contributed by atoms with Gasteiger partial charge in [0.25, 0.3) is 5.91 Å². The third-order valence-electron chi connectivity index (χ3n) is 19.5. The number of aryl methyl sites for hydroxylation is 3. The molecular formula is C93H79F6N14O5PS. The highest BCUT2D eigenvalue weighted by Crippen LogP contribution is 2.37. The predicted molar refractivity (Wildman–Crippen MR) is 453 cm³/mol. The lowest BCUT2D eigenvalue weighted by Gasteiger charge is -2.16. The van der Waals surface area contributed by atoms with E-state index in [0.29, 0.717) is 62.6 Å². The van der Waals surface area contributed by atoms with Gasteiger partial charge in [-0.3, -0.25) is 34.0 Å². The molecule has 120 heavy (non-hydrogen) atoms. The average molecular weight is 1650 g/mol. The Labute approximate surface area is 692 Å². The predicted octanol–water partition coefficient (Wildman–Crippen LogP) is 16.8. The van der Waals surface area contributed by atoms with Crippen molar-refractivity contribution in [3.8, 4) is 52.6 Å². The van der Waals surface area contributed by atoms with Crippen LogP contribution in [0.4, 0.5) is 32.0 Å². The lowest BCUT2D eigenvalue weighted by molar-refractivity contribution is -0.138. The number of hydrogen-bond donors (Lipinski definition) is 2. The van der Waals surface area contributed by atoms with E-state index in [-0.39, 0.29) is 59.2 Å². The lowest BCUT2D eigenvalue weighted by Crippen LogP contribution is -2.18. The Hall–Kier alpha value is -13.5. The molecule has 0 bridgehead atoms. The van der Waals surface area contributed by atoms with Gasteiger partial charge in [-0.25, -0.2) is 24.9 Å². The molecule has 0 unspecified atom stereocenters. The van der Waals surface area contributed by atoms with E-state index in [1.54, 1.807) is 121 Å². The molecule has 0 aliphatic carbocycles. The molecular weight excluding hydrogens is 1570 g/mol. The van der Waals surface area contributed by atoms with Crippen molar-refractivity contribution in [3.05, 3.63) is 332 Å². The van der Waals surface area contributed by atoms with Gasteiger partial charge >= 0.3 is 12.4 Å². The molecule has 0 atom stereocenters. The lowest BCUT2D eigenvalue weighted by atomic mass is 9.97. The molecule has 27 heteroatoms. The minimum atomic E-state index is -4.59. The Morgan fingerprint density at radius 3 is 1.85 bits per heavy atom. The van der Waals surface area contributed by atoms with Gasteiger partial charge in [0.1, 0.15) is 23.5 Å². The van der Waals surface area contributed by atoms with Crippen molar-refractivity contribution >= 4 is 73.8 Å². The number of nitrogens with zero attached hydrogens (tertiary/aromatic N) is 12. The van der Waals surface area contributed by atoms with Crippen LogP contribution in [0.25, 0.3) is 38.1 Å². The second kappa shape index (κ2) is 37.0. The molecule has 0 spiro atoms. The highest BCUT2D eigenvalue weighted by molar-refractivity contribution is 7.70. The number of imidazole rings is 3. The van der Waals surface area contributed by atoms with Crippen LogP contribution in [0, 0.1) is 56.3 Å². The van der Waals surface area contributed by atoms with Gasteiger partial charge in [0, 0.05) is 152 Å². The Morgan fingerprint density at radius 1 is 0.558 bits per heavy atom. The number of carbonyl (C=O) groups is 4. The van der Waals surface area contributed by atoms with E-state index < -0.39 is 36.5 Å². The summed E-state index contributed by atoms with van der Waals surface area (Å²) >= 11 is 1.61. The first-order valence-electron chi connectivity index (χ1n) is 37.9. The first-order chi connectivity index (χ1) is 57.4. The molecule has 15 rings (SSSR count). The minimum Gasteiger partial charge on any atom is -0.369 e. The fourth-order valence-corrected chi connectivity index (χ4v) is 14.8. The number of nitrogens with one attached hydrogen (secondary N) is 1. The van der Waals surface area contributed by atoms with E-state index >= 15 is 0 Å². The number of rotatable bonds is 18. The maximum atomic E-state index is 13.8. The number of halogens is 6. The van der Waals surface area contributed by atoms with Crippen molar-refractivity contribution in [2.45, 2.75) is 78.3 Å². The zero-order valence-electron chi connectivity index (χ0n) is 66.3. The Bertz CT molecular complexity index is 6460. The number of amides is 2. The standard InChI is InChI=1S/C33H32N5O2PS.C30H27F3N6O2.C30H20F3N3O/c1-23-6-9-28(15-25(23)8-7-24-14-26-10-13-42-33(26)34-19-24)36-32(39)27-16-30(18-31(17-27)41(2,3)40)38-21-29(35-22-38)20-37-11-4-5-12-37;1-19-4-5-22(13-21(19)6-7-24-16-37-25(17-36-24)15-28(34)41)27(40)12-20-10-23(30(31,32)33)14-26(11-20)39-9-8-35-29(39)18-38(2)3;1-20-6-7-23(15-22(20)8-9-25-18-35-17-24-4-2-3-5-28(24)25)29(37)14-21-12-26(30(31,32)33)16-27(13-21)36-11-10-34-19-36/h6,9-10,13-19,21-22H,4-5,11-12,20H2,1-3H3,(H,36,39);4-5,8-11,13-14,16-17H,12,15,18H2,1-3H3,(H2,34,41);2-7,10-13,15-19H,14H2,1H3. The molecule has 604 valence electrons. The van der Waals surface area contributed by atoms with Crippen LogP contribution >= 0.6 is 18.5 Å². The van der Waals surface area contributed by atoms with Gasteiger partial charge in [-0.1, -0.05) is 84.2 Å². The molecule has 8 heterocycles. The second-order valence-corrected chi connectivity index (χ2v) is 33.6.